The van der Waals surface area contributed by atoms with Gasteiger partial charge in [0.2, 0.25) is 0 Å². The minimum atomic E-state index is -1.05. The smallest absolute Gasteiger partial charge is 0.326 e. The lowest BCUT2D eigenvalue weighted by molar-refractivity contribution is -0.145. The highest BCUT2D eigenvalue weighted by Gasteiger charge is 2.40. The van der Waals surface area contributed by atoms with E-state index in [-0.39, 0.29) is 10.2 Å². The molecule has 0 saturated carbocycles. The molecule has 4 nitrogen and oxygen atoms in total. The van der Waals surface area contributed by atoms with Gasteiger partial charge in [-0.25, -0.2) is 4.79 Å². The van der Waals surface area contributed by atoms with Gasteiger partial charge in [-0.1, -0.05) is 53.8 Å². The third-order valence-electron chi connectivity index (χ3n) is 3.21. The van der Waals surface area contributed by atoms with E-state index in [1.807, 2.05) is 12.3 Å². The summed E-state index contributed by atoms with van der Waals surface area (Å²) < 4.78 is 0.266. The average molecular weight is 388 g/mol. The van der Waals surface area contributed by atoms with Crippen LogP contribution in [0.1, 0.15) is 12.0 Å². The fraction of sp³-hybridized carbons (Fsp3) is 0.267. The molecule has 0 aromatic heterocycles. The summed E-state index contributed by atoms with van der Waals surface area (Å²) in [6, 6.07) is 6.20. The van der Waals surface area contributed by atoms with Gasteiger partial charge in [0.25, 0.3) is 5.91 Å². The van der Waals surface area contributed by atoms with Gasteiger partial charge in [-0.15, -0.1) is 0 Å². The Kier molecular flexibility index (Phi) is 6.52. The third-order valence-corrected chi connectivity index (χ3v) is 5.53. The highest BCUT2D eigenvalue weighted by Crippen LogP contribution is 2.35. The highest BCUT2D eigenvalue weighted by molar-refractivity contribution is 8.26. The van der Waals surface area contributed by atoms with Gasteiger partial charge in [0.15, 0.2) is 0 Å². The summed E-state index contributed by atoms with van der Waals surface area (Å²) in [4.78, 5) is 25.6. The monoisotopic (exact) mass is 387 g/mol. The molecule has 1 aliphatic heterocycles. The fourth-order valence-electron chi connectivity index (χ4n) is 2.07. The number of nitrogens with zero attached hydrogens (tertiary/aromatic N) is 1. The van der Waals surface area contributed by atoms with E-state index in [0.29, 0.717) is 27.7 Å². The standard InChI is InChI=1S/C15H14ClNO3S3/c1-22-7-6-11(14(19)20)17-13(18)12(23-15(17)21)8-9-4-2-3-5-10(9)16/h2-5,8,11H,6-7H2,1H3,(H,19,20)/b12-8-. The molecular weight excluding hydrogens is 374 g/mol. The number of thiocarbonyl (C=S) groups is 1. The van der Waals surface area contributed by atoms with Crippen LogP contribution in [-0.4, -0.2) is 44.3 Å². The second-order valence-corrected chi connectivity index (χ2v) is 7.78. The molecule has 2 rings (SSSR count). The fourth-order valence-corrected chi connectivity index (χ4v) is 4.07. The Morgan fingerprint density at radius 2 is 2.22 bits per heavy atom. The topological polar surface area (TPSA) is 57.6 Å². The normalized spacial score (nSPS) is 17.8. The van der Waals surface area contributed by atoms with Crippen molar-refractivity contribution in [1.82, 2.24) is 4.90 Å². The Morgan fingerprint density at radius 3 is 2.83 bits per heavy atom. The molecule has 1 amide bonds. The minimum Gasteiger partial charge on any atom is -0.480 e. The van der Waals surface area contributed by atoms with E-state index >= 15 is 0 Å². The van der Waals surface area contributed by atoms with Crippen molar-refractivity contribution in [3.8, 4) is 0 Å². The Labute approximate surface area is 153 Å². The van der Waals surface area contributed by atoms with Crippen LogP contribution in [-0.2, 0) is 9.59 Å². The molecule has 0 radical (unpaired) electrons. The van der Waals surface area contributed by atoms with Gasteiger partial charge in [-0.05, 0) is 36.1 Å². The third kappa shape index (κ3) is 4.29. The van der Waals surface area contributed by atoms with Crippen molar-refractivity contribution in [2.45, 2.75) is 12.5 Å². The molecule has 1 fully saturated rings. The van der Waals surface area contributed by atoms with Gasteiger partial charge in [0.1, 0.15) is 10.4 Å². The number of thioether (sulfide) groups is 2. The molecule has 0 spiro atoms. The maximum Gasteiger partial charge on any atom is 0.326 e. The molecular formula is C15H14ClNO3S3. The predicted octanol–water partition coefficient (Wildman–Crippen LogP) is 3.75. The summed E-state index contributed by atoms with van der Waals surface area (Å²) in [6.07, 6.45) is 3.89. The number of rotatable bonds is 6. The number of aliphatic carboxylic acids is 1. The van der Waals surface area contributed by atoms with Crippen molar-refractivity contribution in [2.75, 3.05) is 12.0 Å². The number of halogens is 1. The van der Waals surface area contributed by atoms with Crippen molar-refractivity contribution >= 4 is 69.6 Å². The Bertz CT molecular complexity index is 678. The zero-order valence-corrected chi connectivity index (χ0v) is 15.4. The maximum absolute atomic E-state index is 12.6. The number of hydrogen-bond donors (Lipinski definition) is 1. The van der Waals surface area contributed by atoms with Crippen LogP contribution in [0.2, 0.25) is 5.02 Å². The highest BCUT2D eigenvalue weighted by atomic mass is 35.5. The molecule has 23 heavy (non-hydrogen) atoms. The first-order valence-electron chi connectivity index (χ1n) is 6.69. The molecule has 1 heterocycles. The van der Waals surface area contributed by atoms with E-state index in [4.69, 9.17) is 23.8 Å². The van der Waals surface area contributed by atoms with Crippen LogP contribution < -0.4 is 0 Å². The number of carboxylic acid groups (broad SMARTS) is 1. The maximum atomic E-state index is 12.6. The van der Waals surface area contributed by atoms with Crippen LogP contribution in [0.15, 0.2) is 29.2 Å². The molecule has 1 atom stereocenters. The summed E-state index contributed by atoms with van der Waals surface area (Å²) >= 11 is 13.9. The van der Waals surface area contributed by atoms with Gasteiger partial charge >= 0.3 is 5.97 Å². The van der Waals surface area contributed by atoms with Gasteiger partial charge in [-0.2, -0.15) is 11.8 Å². The van der Waals surface area contributed by atoms with Crippen LogP contribution in [0.3, 0.4) is 0 Å². The minimum absolute atomic E-state index is 0.266. The summed E-state index contributed by atoms with van der Waals surface area (Å²) in [7, 11) is 0. The van der Waals surface area contributed by atoms with Gasteiger partial charge < -0.3 is 5.11 Å². The van der Waals surface area contributed by atoms with Crippen molar-refractivity contribution in [2.24, 2.45) is 0 Å². The lowest BCUT2D eigenvalue weighted by atomic mass is 10.1. The summed E-state index contributed by atoms with van der Waals surface area (Å²) in [5.74, 6) is -0.791. The molecule has 0 aliphatic carbocycles. The summed E-state index contributed by atoms with van der Waals surface area (Å²) in [6.45, 7) is 0. The van der Waals surface area contributed by atoms with Crippen LogP contribution in [0.5, 0.6) is 0 Å². The Balaban J connectivity index is 2.29. The number of amides is 1. The first-order chi connectivity index (χ1) is 11.0. The number of carbonyl (C=O) groups excluding carboxylic acids is 1. The quantitative estimate of drug-likeness (QED) is 0.592. The van der Waals surface area contributed by atoms with Crippen LogP contribution in [0, 0.1) is 0 Å². The van der Waals surface area contributed by atoms with E-state index in [9.17, 15) is 14.7 Å². The van der Waals surface area contributed by atoms with Crippen molar-refractivity contribution in [1.29, 1.82) is 0 Å². The second kappa shape index (κ2) is 8.19. The lowest BCUT2D eigenvalue weighted by Gasteiger charge is -2.22. The Hall–Kier alpha value is -1.02. The van der Waals surface area contributed by atoms with Crippen LogP contribution in [0.25, 0.3) is 6.08 Å². The van der Waals surface area contributed by atoms with E-state index in [2.05, 4.69) is 0 Å². The molecule has 1 aromatic rings. The molecule has 122 valence electrons. The number of benzene rings is 1. The first kappa shape index (κ1) is 18.3. The predicted molar refractivity (Wildman–Crippen MR) is 101 cm³/mol. The van der Waals surface area contributed by atoms with E-state index in [1.165, 1.54) is 16.7 Å². The number of carboxylic acids is 1. The van der Waals surface area contributed by atoms with Crippen molar-refractivity contribution < 1.29 is 14.7 Å². The van der Waals surface area contributed by atoms with Gasteiger partial charge in [-0.3, -0.25) is 9.69 Å². The number of carbonyl (C=O) groups is 2. The second-order valence-electron chi connectivity index (χ2n) is 4.71. The number of hydrogen-bond acceptors (Lipinski definition) is 5. The molecule has 1 aliphatic rings. The Morgan fingerprint density at radius 1 is 1.52 bits per heavy atom. The lowest BCUT2D eigenvalue weighted by Crippen LogP contribution is -2.44. The van der Waals surface area contributed by atoms with E-state index < -0.39 is 12.0 Å². The summed E-state index contributed by atoms with van der Waals surface area (Å²) in [5.41, 5.74) is 0.700. The van der Waals surface area contributed by atoms with Crippen molar-refractivity contribution in [3.05, 3.63) is 39.8 Å². The molecule has 0 bridgehead atoms. The van der Waals surface area contributed by atoms with Gasteiger partial charge in [0, 0.05) is 5.02 Å². The van der Waals surface area contributed by atoms with Gasteiger partial charge in [0.05, 0.1) is 4.91 Å². The molecule has 1 aromatic carbocycles. The first-order valence-corrected chi connectivity index (χ1v) is 9.68. The van der Waals surface area contributed by atoms with Crippen molar-refractivity contribution in [3.63, 3.8) is 0 Å². The van der Waals surface area contributed by atoms with E-state index in [1.54, 1.807) is 24.3 Å². The zero-order valence-electron chi connectivity index (χ0n) is 12.2. The summed E-state index contributed by atoms with van der Waals surface area (Å²) in [5, 5.41) is 9.93. The average Bonchev–Trinajstić information content (AvgIpc) is 2.77. The zero-order chi connectivity index (χ0) is 17.0. The molecule has 1 unspecified atom stereocenters. The van der Waals surface area contributed by atoms with Crippen LogP contribution in [0.4, 0.5) is 0 Å². The molecule has 1 N–H and O–H groups in total. The van der Waals surface area contributed by atoms with Crippen LogP contribution >= 0.6 is 47.3 Å². The molecule has 1 saturated heterocycles. The SMILES string of the molecule is CSCCC(C(=O)O)N1C(=O)/C(=C/c2ccccc2Cl)SC1=S. The largest absolute Gasteiger partial charge is 0.480 e. The molecule has 8 heteroatoms. The van der Waals surface area contributed by atoms with E-state index in [0.717, 1.165) is 11.8 Å².